The van der Waals surface area contributed by atoms with Crippen LogP contribution in [0.3, 0.4) is 0 Å². The highest BCUT2D eigenvalue weighted by molar-refractivity contribution is 6.30. The maximum atomic E-state index is 5.96. The molecule has 1 N–H and O–H groups in total. The lowest BCUT2D eigenvalue weighted by atomic mass is 9.99. The van der Waals surface area contributed by atoms with Gasteiger partial charge in [0.25, 0.3) is 0 Å². The van der Waals surface area contributed by atoms with Gasteiger partial charge < -0.3 is 10.2 Å². The normalized spacial score (nSPS) is 17.9. The Labute approximate surface area is 114 Å². The highest BCUT2D eigenvalue weighted by Crippen LogP contribution is 2.18. The van der Waals surface area contributed by atoms with E-state index in [1.807, 2.05) is 6.92 Å². The van der Waals surface area contributed by atoms with Crippen molar-refractivity contribution >= 4 is 17.4 Å². The number of hydrogen-bond acceptors (Lipinski definition) is 4. The number of hydrogen-bond donors (Lipinski definition) is 1. The van der Waals surface area contributed by atoms with Gasteiger partial charge in [-0.05, 0) is 38.8 Å². The molecule has 0 spiro atoms. The van der Waals surface area contributed by atoms with Gasteiger partial charge in [-0.1, -0.05) is 18.5 Å². The summed E-state index contributed by atoms with van der Waals surface area (Å²) in [5, 5.41) is 3.86. The van der Waals surface area contributed by atoms with Crippen molar-refractivity contribution in [1.82, 2.24) is 14.9 Å². The molecule has 0 aromatic carbocycles. The molecule has 0 aliphatic carbocycles. The molecule has 1 saturated heterocycles. The minimum Gasteiger partial charge on any atom is -0.368 e. The molecule has 2 heterocycles. The van der Waals surface area contributed by atoms with Crippen molar-refractivity contribution in [3.8, 4) is 0 Å². The maximum absolute atomic E-state index is 5.96. The molecule has 2 rings (SSSR count). The first-order chi connectivity index (χ1) is 8.66. The zero-order chi connectivity index (χ0) is 13.0. The van der Waals surface area contributed by atoms with Gasteiger partial charge in [0, 0.05) is 18.7 Å². The van der Waals surface area contributed by atoms with Crippen molar-refractivity contribution in [1.29, 1.82) is 0 Å². The third kappa shape index (κ3) is 3.56. The van der Waals surface area contributed by atoms with E-state index in [2.05, 4.69) is 27.1 Å². The summed E-state index contributed by atoms with van der Waals surface area (Å²) in [6.45, 7) is 8.67. The van der Waals surface area contributed by atoms with Crippen molar-refractivity contribution < 1.29 is 0 Å². The highest BCUT2D eigenvalue weighted by Gasteiger charge is 2.15. The lowest BCUT2D eigenvalue weighted by molar-refractivity contribution is 0.199. The van der Waals surface area contributed by atoms with Crippen LogP contribution >= 0.6 is 11.6 Å². The summed E-state index contributed by atoms with van der Waals surface area (Å²) in [5.41, 5.74) is 0.923. The van der Waals surface area contributed by atoms with Gasteiger partial charge in [-0.2, -0.15) is 0 Å². The predicted molar refractivity (Wildman–Crippen MR) is 75.1 cm³/mol. The van der Waals surface area contributed by atoms with Crippen molar-refractivity contribution in [3.05, 3.63) is 17.0 Å². The molecule has 5 heteroatoms. The molecular weight excluding hydrogens is 248 g/mol. The monoisotopic (exact) mass is 268 g/mol. The van der Waals surface area contributed by atoms with Crippen LogP contribution in [0.25, 0.3) is 0 Å². The third-order valence-electron chi connectivity index (χ3n) is 3.62. The molecule has 1 aromatic rings. The Bertz CT molecular complexity index is 389. The van der Waals surface area contributed by atoms with E-state index in [4.69, 9.17) is 11.6 Å². The van der Waals surface area contributed by atoms with Crippen LogP contribution in [0.4, 0.5) is 5.82 Å². The van der Waals surface area contributed by atoms with Gasteiger partial charge in [0.05, 0.1) is 0 Å². The van der Waals surface area contributed by atoms with Crippen molar-refractivity contribution in [2.75, 3.05) is 31.5 Å². The van der Waals surface area contributed by atoms with E-state index < -0.39 is 0 Å². The SMILES string of the molecule is Cc1c(Cl)ncnc1NCCN1CCC(C)CC1. The maximum Gasteiger partial charge on any atom is 0.137 e. The summed E-state index contributed by atoms with van der Waals surface area (Å²) in [6.07, 6.45) is 4.14. The molecule has 18 heavy (non-hydrogen) atoms. The summed E-state index contributed by atoms with van der Waals surface area (Å²) >= 11 is 5.96. The standard InChI is InChI=1S/C13H21ClN4/c1-10-3-6-18(7-4-10)8-5-15-13-11(2)12(14)16-9-17-13/h9-10H,3-8H2,1-2H3,(H,15,16,17). The molecule has 0 unspecified atom stereocenters. The Morgan fingerprint density at radius 1 is 1.39 bits per heavy atom. The zero-order valence-corrected chi connectivity index (χ0v) is 11.9. The second-order valence-corrected chi connectivity index (χ2v) is 5.45. The molecule has 0 radical (unpaired) electrons. The van der Waals surface area contributed by atoms with Crippen LogP contribution in [-0.4, -0.2) is 41.0 Å². The first kappa shape index (κ1) is 13.6. The predicted octanol–water partition coefficient (Wildman–Crippen LogP) is 2.58. The van der Waals surface area contributed by atoms with Gasteiger partial charge in [0.15, 0.2) is 0 Å². The van der Waals surface area contributed by atoms with Gasteiger partial charge in [-0.3, -0.25) is 0 Å². The number of halogens is 1. The molecule has 4 nitrogen and oxygen atoms in total. The minimum absolute atomic E-state index is 0.527. The van der Waals surface area contributed by atoms with Crippen LogP contribution < -0.4 is 5.32 Å². The molecule has 1 aromatic heterocycles. The Kier molecular flexibility index (Phi) is 4.78. The summed E-state index contributed by atoms with van der Waals surface area (Å²) in [7, 11) is 0. The zero-order valence-electron chi connectivity index (χ0n) is 11.1. The molecule has 0 atom stereocenters. The fourth-order valence-electron chi connectivity index (χ4n) is 2.22. The number of anilines is 1. The lowest BCUT2D eigenvalue weighted by Gasteiger charge is -2.30. The van der Waals surface area contributed by atoms with Gasteiger partial charge in [-0.25, -0.2) is 9.97 Å². The smallest absolute Gasteiger partial charge is 0.137 e. The number of likely N-dealkylation sites (tertiary alicyclic amines) is 1. The molecule has 0 bridgehead atoms. The molecule has 0 saturated carbocycles. The Morgan fingerprint density at radius 3 is 2.83 bits per heavy atom. The molecular formula is C13H21ClN4. The molecule has 1 aliphatic rings. The lowest BCUT2D eigenvalue weighted by Crippen LogP contribution is -2.36. The van der Waals surface area contributed by atoms with E-state index in [1.165, 1.54) is 32.3 Å². The van der Waals surface area contributed by atoms with E-state index in [1.54, 1.807) is 0 Å². The topological polar surface area (TPSA) is 41.1 Å². The van der Waals surface area contributed by atoms with Crippen LogP contribution in [0, 0.1) is 12.8 Å². The van der Waals surface area contributed by atoms with E-state index in [0.717, 1.165) is 30.4 Å². The molecule has 1 fully saturated rings. The van der Waals surface area contributed by atoms with Gasteiger partial charge in [-0.15, -0.1) is 0 Å². The largest absolute Gasteiger partial charge is 0.368 e. The third-order valence-corrected chi connectivity index (χ3v) is 4.00. The Balaban J connectivity index is 1.77. The first-order valence-corrected chi connectivity index (χ1v) is 6.98. The first-order valence-electron chi connectivity index (χ1n) is 6.60. The van der Waals surface area contributed by atoms with E-state index >= 15 is 0 Å². The number of aromatic nitrogens is 2. The second-order valence-electron chi connectivity index (χ2n) is 5.09. The molecule has 1 aliphatic heterocycles. The minimum atomic E-state index is 0.527. The van der Waals surface area contributed by atoms with Crippen LogP contribution in [0.15, 0.2) is 6.33 Å². The van der Waals surface area contributed by atoms with Crippen molar-refractivity contribution in [2.45, 2.75) is 26.7 Å². The quantitative estimate of drug-likeness (QED) is 0.853. The average Bonchev–Trinajstić information content (AvgIpc) is 2.37. The van der Waals surface area contributed by atoms with Crippen molar-refractivity contribution in [2.24, 2.45) is 5.92 Å². The van der Waals surface area contributed by atoms with E-state index in [0.29, 0.717) is 5.15 Å². The van der Waals surface area contributed by atoms with E-state index in [-0.39, 0.29) is 0 Å². The van der Waals surface area contributed by atoms with Crippen molar-refractivity contribution in [3.63, 3.8) is 0 Å². The molecule has 0 amide bonds. The van der Waals surface area contributed by atoms with Gasteiger partial charge >= 0.3 is 0 Å². The van der Waals surface area contributed by atoms with Gasteiger partial charge in [0.2, 0.25) is 0 Å². The highest BCUT2D eigenvalue weighted by atomic mass is 35.5. The van der Waals surface area contributed by atoms with Crippen LogP contribution in [-0.2, 0) is 0 Å². The average molecular weight is 269 g/mol. The summed E-state index contributed by atoms with van der Waals surface area (Å²) in [4.78, 5) is 10.7. The van der Waals surface area contributed by atoms with Crippen LogP contribution in [0.5, 0.6) is 0 Å². The summed E-state index contributed by atoms with van der Waals surface area (Å²) in [6, 6.07) is 0. The Hall–Kier alpha value is -0.870. The van der Waals surface area contributed by atoms with Crippen LogP contribution in [0.2, 0.25) is 5.15 Å². The number of rotatable bonds is 4. The Morgan fingerprint density at radius 2 is 2.11 bits per heavy atom. The summed E-state index contributed by atoms with van der Waals surface area (Å²) < 4.78 is 0. The molecule has 100 valence electrons. The van der Waals surface area contributed by atoms with Gasteiger partial charge in [0.1, 0.15) is 17.3 Å². The fraction of sp³-hybridized carbons (Fsp3) is 0.692. The second kappa shape index (κ2) is 6.34. The summed E-state index contributed by atoms with van der Waals surface area (Å²) in [5.74, 6) is 1.73. The number of piperidine rings is 1. The van der Waals surface area contributed by atoms with Crippen LogP contribution in [0.1, 0.15) is 25.3 Å². The fourth-order valence-corrected chi connectivity index (χ4v) is 2.36. The number of nitrogens with zero attached hydrogens (tertiary/aromatic N) is 3. The number of nitrogens with one attached hydrogen (secondary N) is 1. The van der Waals surface area contributed by atoms with E-state index in [9.17, 15) is 0 Å².